The number of phenols is 1. The van der Waals surface area contributed by atoms with E-state index in [-0.39, 0.29) is 11.4 Å². The van der Waals surface area contributed by atoms with E-state index in [0.29, 0.717) is 22.0 Å². The molecule has 0 fully saturated rings. The number of benzene rings is 2. The molecule has 0 saturated carbocycles. The average molecular weight is 329 g/mol. The van der Waals surface area contributed by atoms with Crippen LogP contribution in [0.3, 0.4) is 0 Å². The van der Waals surface area contributed by atoms with Gasteiger partial charge in [0.15, 0.2) is 5.76 Å². The second-order valence-electron chi connectivity index (χ2n) is 4.95. The number of phenolic OH excluding ortho intramolecular Hbond substituents is 1. The van der Waals surface area contributed by atoms with E-state index in [9.17, 15) is 9.90 Å². The zero-order valence-electron chi connectivity index (χ0n) is 12.2. The second kappa shape index (κ2) is 6.14. The zero-order valence-corrected chi connectivity index (χ0v) is 13.0. The van der Waals surface area contributed by atoms with E-state index in [2.05, 4.69) is 10.5 Å². The Bertz CT molecular complexity index is 860. The van der Waals surface area contributed by atoms with Crippen LogP contribution >= 0.6 is 11.6 Å². The number of rotatable bonds is 3. The number of nitrogens with one attached hydrogen (secondary N) is 1. The van der Waals surface area contributed by atoms with E-state index in [4.69, 9.17) is 16.1 Å². The first kappa shape index (κ1) is 15.1. The molecule has 116 valence electrons. The quantitative estimate of drug-likeness (QED) is 0.704. The minimum atomic E-state index is -0.430. The van der Waals surface area contributed by atoms with Crippen LogP contribution in [0.15, 0.2) is 53.1 Å². The number of carbonyl (C=O) groups excluding carboxylic acids is 1. The lowest BCUT2D eigenvalue weighted by Gasteiger charge is -2.08. The standard InChI is InChI=1S/C17H13ClN2O3/c1-10-15(16(23-20-10)11-5-3-2-4-6-11)17(22)19-13-9-12(18)7-8-14(13)21/h2-9,21H,1H3,(H,19,22). The number of halogens is 1. The Balaban J connectivity index is 1.97. The van der Waals surface area contributed by atoms with Crippen molar-refractivity contribution in [1.82, 2.24) is 5.16 Å². The molecule has 23 heavy (non-hydrogen) atoms. The van der Waals surface area contributed by atoms with Gasteiger partial charge in [-0.2, -0.15) is 0 Å². The SMILES string of the molecule is Cc1noc(-c2ccccc2)c1C(=O)Nc1cc(Cl)ccc1O. The summed E-state index contributed by atoms with van der Waals surface area (Å²) in [6.07, 6.45) is 0. The smallest absolute Gasteiger partial charge is 0.261 e. The normalized spacial score (nSPS) is 10.5. The molecule has 0 atom stereocenters. The summed E-state index contributed by atoms with van der Waals surface area (Å²) in [4.78, 5) is 12.6. The third kappa shape index (κ3) is 3.05. The number of hydrogen-bond acceptors (Lipinski definition) is 4. The summed E-state index contributed by atoms with van der Waals surface area (Å²) in [6.45, 7) is 1.68. The molecule has 0 aliphatic heterocycles. The van der Waals surface area contributed by atoms with Crippen LogP contribution in [0, 0.1) is 6.92 Å². The van der Waals surface area contributed by atoms with Crippen molar-refractivity contribution in [2.24, 2.45) is 0 Å². The molecule has 1 amide bonds. The molecule has 2 aromatic carbocycles. The van der Waals surface area contributed by atoms with Gasteiger partial charge < -0.3 is 14.9 Å². The van der Waals surface area contributed by atoms with Crippen LogP contribution < -0.4 is 5.32 Å². The van der Waals surface area contributed by atoms with Gasteiger partial charge in [-0.25, -0.2) is 0 Å². The summed E-state index contributed by atoms with van der Waals surface area (Å²) in [6, 6.07) is 13.6. The van der Waals surface area contributed by atoms with Gasteiger partial charge in [0.1, 0.15) is 11.3 Å². The minimum absolute atomic E-state index is 0.0712. The van der Waals surface area contributed by atoms with Crippen molar-refractivity contribution in [3.05, 3.63) is 64.8 Å². The molecule has 0 bridgehead atoms. The Kier molecular flexibility index (Phi) is 4.04. The number of hydrogen-bond donors (Lipinski definition) is 2. The van der Waals surface area contributed by atoms with E-state index in [1.54, 1.807) is 6.92 Å². The van der Waals surface area contributed by atoms with E-state index in [1.165, 1.54) is 18.2 Å². The van der Waals surface area contributed by atoms with Gasteiger partial charge in [-0.05, 0) is 25.1 Å². The highest BCUT2D eigenvalue weighted by molar-refractivity contribution is 6.31. The van der Waals surface area contributed by atoms with Gasteiger partial charge in [0, 0.05) is 10.6 Å². The van der Waals surface area contributed by atoms with E-state index < -0.39 is 5.91 Å². The predicted octanol–water partition coefficient (Wildman–Crippen LogP) is 4.26. The molecule has 6 heteroatoms. The molecule has 0 aliphatic carbocycles. The predicted molar refractivity (Wildman–Crippen MR) is 87.7 cm³/mol. The first-order valence-electron chi connectivity index (χ1n) is 6.88. The van der Waals surface area contributed by atoms with Crippen LogP contribution in [0.4, 0.5) is 5.69 Å². The van der Waals surface area contributed by atoms with Gasteiger partial charge in [-0.15, -0.1) is 0 Å². The Morgan fingerprint density at radius 3 is 2.70 bits per heavy atom. The molecule has 5 nitrogen and oxygen atoms in total. The first-order chi connectivity index (χ1) is 11.1. The number of amides is 1. The highest BCUT2D eigenvalue weighted by Crippen LogP contribution is 2.30. The van der Waals surface area contributed by atoms with Gasteiger partial charge >= 0.3 is 0 Å². The highest BCUT2D eigenvalue weighted by Gasteiger charge is 2.22. The molecular weight excluding hydrogens is 316 g/mol. The fourth-order valence-electron chi connectivity index (χ4n) is 2.22. The third-order valence-electron chi connectivity index (χ3n) is 3.33. The maximum Gasteiger partial charge on any atom is 0.261 e. The van der Waals surface area contributed by atoms with Crippen molar-refractivity contribution in [3.8, 4) is 17.1 Å². The summed E-state index contributed by atoms with van der Waals surface area (Å²) < 4.78 is 5.29. The summed E-state index contributed by atoms with van der Waals surface area (Å²) in [5.74, 6) is -0.125. The van der Waals surface area contributed by atoms with Crippen LogP contribution in [0.25, 0.3) is 11.3 Å². The fraction of sp³-hybridized carbons (Fsp3) is 0.0588. The Labute approximate surface area is 137 Å². The maximum atomic E-state index is 12.6. The zero-order chi connectivity index (χ0) is 16.4. The molecular formula is C17H13ClN2O3. The van der Waals surface area contributed by atoms with E-state index in [0.717, 1.165) is 5.56 Å². The monoisotopic (exact) mass is 328 g/mol. The van der Waals surface area contributed by atoms with E-state index in [1.807, 2.05) is 30.3 Å². The number of carbonyl (C=O) groups is 1. The first-order valence-corrected chi connectivity index (χ1v) is 7.25. The molecule has 0 radical (unpaired) electrons. The van der Waals surface area contributed by atoms with Crippen molar-refractivity contribution in [2.75, 3.05) is 5.32 Å². The van der Waals surface area contributed by atoms with Crippen LogP contribution in [-0.2, 0) is 0 Å². The lowest BCUT2D eigenvalue weighted by Crippen LogP contribution is -2.13. The van der Waals surface area contributed by atoms with Gasteiger partial charge in [-0.1, -0.05) is 47.1 Å². The molecule has 0 saturated heterocycles. The molecule has 3 aromatic rings. The third-order valence-corrected chi connectivity index (χ3v) is 3.57. The summed E-state index contributed by atoms with van der Waals surface area (Å²) in [5, 5.41) is 16.7. The largest absolute Gasteiger partial charge is 0.506 e. The van der Waals surface area contributed by atoms with Crippen molar-refractivity contribution >= 4 is 23.2 Å². The lowest BCUT2D eigenvalue weighted by atomic mass is 10.1. The number of aromatic hydroxyl groups is 1. The van der Waals surface area contributed by atoms with Gasteiger partial charge in [0.05, 0.1) is 11.4 Å². The fourth-order valence-corrected chi connectivity index (χ4v) is 2.39. The number of aromatic nitrogens is 1. The molecule has 1 heterocycles. The number of nitrogens with zero attached hydrogens (tertiary/aromatic N) is 1. The van der Waals surface area contributed by atoms with Gasteiger partial charge in [0.25, 0.3) is 5.91 Å². The van der Waals surface area contributed by atoms with Crippen LogP contribution in [0.2, 0.25) is 5.02 Å². The van der Waals surface area contributed by atoms with Crippen molar-refractivity contribution in [3.63, 3.8) is 0 Å². The van der Waals surface area contributed by atoms with Gasteiger partial charge in [0.2, 0.25) is 0 Å². The van der Waals surface area contributed by atoms with E-state index >= 15 is 0 Å². The Morgan fingerprint density at radius 1 is 1.22 bits per heavy atom. The molecule has 3 rings (SSSR count). The van der Waals surface area contributed by atoms with Crippen LogP contribution in [0.5, 0.6) is 5.75 Å². The lowest BCUT2D eigenvalue weighted by molar-refractivity contribution is 0.102. The molecule has 0 unspecified atom stereocenters. The molecule has 0 aliphatic rings. The second-order valence-corrected chi connectivity index (χ2v) is 5.39. The summed E-state index contributed by atoms with van der Waals surface area (Å²) >= 11 is 5.89. The Morgan fingerprint density at radius 2 is 1.96 bits per heavy atom. The molecule has 0 spiro atoms. The van der Waals surface area contributed by atoms with Crippen molar-refractivity contribution in [1.29, 1.82) is 0 Å². The molecule has 1 aromatic heterocycles. The highest BCUT2D eigenvalue weighted by atomic mass is 35.5. The van der Waals surface area contributed by atoms with Crippen molar-refractivity contribution in [2.45, 2.75) is 6.92 Å². The van der Waals surface area contributed by atoms with Crippen LogP contribution in [0.1, 0.15) is 16.1 Å². The number of anilines is 1. The van der Waals surface area contributed by atoms with Crippen molar-refractivity contribution < 1.29 is 14.4 Å². The summed E-state index contributed by atoms with van der Waals surface area (Å²) in [5.41, 5.74) is 1.74. The number of aryl methyl sites for hydroxylation is 1. The van der Waals surface area contributed by atoms with Gasteiger partial charge in [-0.3, -0.25) is 4.79 Å². The minimum Gasteiger partial charge on any atom is -0.506 e. The molecule has 2 N–H and O–H groups in total. The maximum absolute atomic E-state index is 12.6. The average Bonchev–Trinajstić information content (AvgIpc) is 2.93. The summed E-state index contributed by atoms with van der Waals surface area (Å²) in [7, 11) is 0. The van der Waals surface area contributed by atoms with Crippen LogP contribution in [-0.4, -0.2) is 16.2 Å². The Hall–Kier alpha value is -2.79. The topological polar surface area (TPSA) is 75.4 Å².